The van der Waals surface area contributed by atoms with Crippen LogP contribution < -0.4 is 0 Å². The van der Waals surface area contributed by atoms with E-state index in [1.54, 1.807) is 12.1 Å². The van der Waals surface area contributed by atoms with Crippen LogP contribution in [-0.4, -0.2) is 6.29 Å². The zero-order chi connectivity index (χ0) is 5.82. The van der Waals surface area contributed by atoms with E-state index in [1.807, 2.05) is 18.2 Å². The van der Waals surface area contributed by atoms with Gasteiger partial charge in [0.25, 0.3) is 0 Å². The molecular weight excluding hydrogens is 106 g/mol. The highest BCUT2D eigenvalue weighted by atomic mass is 16.1. The molecule has 0 saturated heterocycles. The van der Waals surface area contributed by atoms with Crippen LogP contribution in [0.5, 0.6) is 0 Å². The van der Waals surface area contributed by atoms with E-state index in [-0.39, 0.29) is 0 Å². The van der Waals surface area contributed by atoms with Crippen molar-refractivity contribution in [1.82, 2.24) is 0 Å². The van der Waals surface area contributed by atoms with Crippen molar-refractivity contribution in [3.05, 3.63) is 35.9 Å². The van der Waals surface area contributed by atoms with Gasteiger partial charge < -0.3 is 0 Å². The predicted molar refractivity (Wildman–Crippen MR) is 31.8 cm³/mol. The molecule has 1 aromatic carbocycles. The molecule has 0 atom stereocenters. The molecule has 1 nitrogen and oxygen atoms in total. The Balaban J connectivity index is 2.99. The van der Waals surface area contributed by atoms with Gasteiger partial charge in [-0.1, -0.05) is 30.3 Å². The summed E-state index contributed by atoms with van der Waals surface area (Å²) in [5, 5.41) is 0. The molecule has 0 amide bonds. The Morgan fingerprint density at radius 1 is 1.12 bits per heavy atom. The molecule has 0 aliphatic heterocycles. The van der Waals surface area contributed by atoms with Crippen LogP contribution in [-0.2, 0) is 0 Å². The third-order valence-corrected chi connectivity index (χ3v) is 0.936. The van der Waals surface area contributed by atoms with Crippen LogP contribution in [0, 0.1) is 0 Å². The molecule has 0 fully saturated rings. The van der Waals surface area contributed by atoms with E-state index in [4.69, 9.17) is 0 Å². The van der Waals surface area contributed by atoms with Gasteiger partial charge in [-0.2, -0.15) is 0 Å². The van der Waals surface area contributed by atoms with Crippen LogP contribution in [0.25, 0.3) is 0 Å². The third kappa shape index (κ3) is 0.936. The lowest BCUT2D eigenvalue weighted by Gasteiger charge is -1.81. The van der Waals surface area contributed by atoms with Crippen molar-refractivity contribution in [3.8, 4) is 0 Å². The summed E-state index contributed by atoms with van der Waals surface area (Å²) < 4.78 is 0. The molecule has 0 aromatic heterocycles. The van der Waals surface area contributed by atoms with Crippen molar-refractivity contribution < 1.29 is 4.79 Å². The number of aldehydes is 1. The van der Waals surface area contributed by atoms with Gasteiger partial charge >= 0.3 is 0 Å². The van der Waals surface area contributed by atoms with E-state index in [1.165, 1.54) is 0 Å². The summed E-state index contributed by atoms with van der Waals surface area (Å²) in [5.74, 6) is 0. The molecule has 0 heterocycles. The van der Waals surface area contributed by atoms with Crippen LogP contribution in [0.3, 0.4) is 0 Å². The molecule has 0 aliphatic carbocycles. The van der Waals surface area contributed by atoms with Crippen molar-refractivity contribution in [3.63, 3.8) is 0 Å². The smallest absolute Gasteiger partial charge is 0.150 e. The van der Waals surface area contributed by atoms with Crippen molar-refractivity contribution in [2.75, 3.05) is 0 Å². The summed E-state index contributed by atoms with van der Waals surface area (Å²) in [6.07, 6.45) is 0.833. The quantitative estimate of drug-likeness (QED) is 0.503. The normalized spacial score (nSPS) is 8.50. The van der Waals surface area contributed by atoms with Crippen molar-refractivity contribution in [2.45, 2.75) is 0 Å². The first-order valence-corrected chi connectivity index (χ1v) is 2.44. The number of hydrogen-bond donors (Lipinski definition) is 0. The fraction of sp³-hybridized carbons (Fsp3) is 0. The maximum absolute atomic E-state index is 10.0. The highest BCUT2D eigenvalue weighted by Crippen LogP contribution is 1.91. The van der Waals surface area contributed by atoms with Crippen LogP contribution in [0.15, 0.2) is 30.3 Å². The second-order valence-electron chi connectivity index (χ2n) is 1.53. The maximum atomic E-state index is 10.0. The molecule has 0 aliphatic rings. The van der Waals surface area contributed by atoms with Crippen LogP contribution in [0.4, 0.5) is 0 Å². The molecule has 40 valence electrons. The lowest BCUT2D eigenvalue weighted by Crippen LogP contribution is -1.73. The molecule has 1 aromatic rings. The Bertz CT molecular complexity index is 167. The van der Waals surface area contributed by atoms with Gasteiger partial charge in [0.1, 0.15) is 6.29 Å². The largest absolute Gasteiger partial charge is 0.298 e. The fourth-order valence-corrected chi connectivity index (χ4v) is 0.532. The van der Waals surface area contributed by atoms with E-state index < -0.39 is 0 Å². The van der Waals surface area contributed by atoms with Gasteiger partial charge in [0.05, 0.1) is 0 Å². The molecule has 1 rings (SSSR count). The van der Waals surface area contributed by atoms with Gasteiger partial charge in [0, 0.05) is 5.56 Å². The summed E-state index contributed by atoms with van der Waals surface area (Å²) in [5.41, 5.74) is 0.729. The summed E-state index contributed by atoms with van der Waals surface area (Å²) >= 11 is 0. The van der Waals surface area contributed by atoms with Crippen LogP contribution >= 0.6 is 0 Å². The second kappa shape index (κ2) is 2.26. The van der Waals surface area contributed by atoms with Gasteiger partial charge in [-0.25, -0.2) is 0 Å². The van der Waals surface area contributed by atoms with Crippen LogP contribution in [0.2, 0.25) is 0 Å². The molecule has 0 spiro atoms. The van der Waals surface area contributed by atoms with Crippen molar-refractivity contribution >= 4 is 6.29 Å². The summed E-state index contributed by atoms with van der Waals surface area (Å²) in [6.45, 7) is 0. The van der Waals surface area contributed by atoms with E-state index in [2.05, 4.69) is 0 Å². The minimum absolute atomic E-state index is 0.729. The number of carbonyl (C=O) groups excluding carboxylic acids is 1. The number of rotatable bonds is 1. The Hall–Kier alpha value is -1.11. The lowest BCUT2D eigenvalue weighted by molar-refractivity contribution is 0.112. The third-order valence-electron chi connectivity index (χ3n) is 0.936. The minimum atomic E-state index is 0.729. The maximum Gasteiger partial charge on any atom is 0.150 e. The fourth-order valence-electron chi connectivity index (χ4n) is 0.532. The van der Waals surface area contributed by atoms with E-state index in [0.717, 1.165) is 11.8 Å². The summed E-state index contributed by atoms with van der Waals surface area (Å²) in [4.78, 5) is 10.0. The first-order chi connectivity index (χ1) is 3.93. The average molecular weight is 112 g/mol. The predicted octanol–water partition coefficient (Wildman–Crippen LogP) is 1.50. The van der Waals surface area contributed by atoms with Gasteiger partial charge in [0.15, 0.2) is 0 Å². The van der Waals surface area contributed by atoms with Gasteiger partial charge in [-0.3, -0.25) is 4.79 Å². The zero-order valence-corrected chi connectivity index (χ0v) is 4.37. The molecule has 0 N–H and O–H groups in total. The van der Waals surface area contributed by atoms with Crippen LogP contribution in [0.1, 0.15) is 10.4 Å². The highest BCUT2D eigenvalue weighted by Gasteiger charge is 1.79. The number of benzene rings is 1. The van der Waals surface area contributed by atoms with Crippen molar-refractivity contribution in [1.29, 1.82) is 0 Å². The highest BCUT2D eigenvalue weighted by molar-refractivity contribution is 5.74. The van der Waals surface area contributed by atoms with Gasteiger partial charge in [-0.15, -0.1) is 0 Å². The first-order valence-electron chi connectivity index (χ1n) is 2.44. The molecule has 0 saturated carbocycles. The standard InChI is InChI=1S/C7H6O/c8-6-7-4-2-1-3-5-7/h1-6H/i1+1,2+1,3+1,4+1,5+1,7+1. The number of carbonyl (C=O) groups is 1. The zero-order valence-electron chi connectivity index (χ0n) is 4.37. The van der Waals surface area contributed by atoms with E-state index in [0.29, 0.717) is 0 Å². The molecule has 0 bridgehead atoms. The Kier molecular flexibility index (Phi) is 1.42. The average Bonchev–Trinajstić information content (AvgIpc) is 1.90. The lowest BCUT2D eigenvalue weighted by atomic mass is 11.0. The Morgan fingerprint density at radius 3 is 2.12 bits per heavy atom. The summed E-state index contributed by atoms with van der Waals surface area (Å²) in [6, 6.07) is 9.10. The number of hydrogen-bond acceptors (Lipinski definition) is 1. The Morgan fingerprint density at radius 2 is 1.75 bits per heavy atom. The van der Waals surface area contributed by atoms with E-state index in [9.17, 15) is 4.79 Å². The summed E-state index contributed by atoms with van der Waals surface area (Å²) in [7, 11) is 0. The monoisotopic (exact) mass is 112 g/mol. The molecule has 0 radical (unpaired) electrons. The second-order valence-corrected chi connectivity index (χ2v) is 1.53. The minimum Gasteiger partial charge on any atom is -0.298 e. The first kappa shape index (κ1) is 5.04. The SMILES string of the molecule is O=C[13c]1[13cH][13cH][13cH][13cH][13cH]1. The molecular formula is C7H6O. The Labute approximate surface area is 48.0 Å². The van der Waals surface area contributed by atoms with Gasteiger partial charge in [0.2, 0.25) is 0 Å². The van der Waals surface area contributed by atoms with Crippen molar-refractivity contribution in [2.24, 2.45) is 0 Å². The van der Waals surface area contributed by atoms with E-state index >= 15 is 0 Å². The molecule has 8 heavy (non-hydrogen) atoms. The molecule has 0 unspecified atom stereocenters. The van der Waals surface area contributed by atoms with Gasteiger partial charge in [-0.05, 0) is 0 Å². The topological polar surface area (TPSA) is 17.1 Å². The molecule has 1 heteroatoms.